The summed E-state index contributed by atoms with van der Waals surface area (Å²) in [6.45, 7) is 0. The Balaban J connectivity index is 0.919. The van der Waals surface area contributed by atoms with Gasteiger partial charge in [-0.1, -0.05) is 115 Å². The van der Waals surface area contributed by atoms with Gasteiger partial charge >= 0.3 is 0 Å². The quantitative estimate of drug-likeness (QED) is 0.176. The van der Waals surface area contributed by atoms with Crippen LogP contribution in [-0.2, 0) is 0 Å². The number of benzene rings is 8. The minimum atomic E-state index is 0.590. The highest BCUT2D eigenvalue weighted by Crippen LogP contribution is 2.39. The molecule has 0 spiro atoms. The number of hydrogen-bond acceptors (Lipinski definition) is 5. The Morgan fingerprint density at radius 3 is 1.30 bits per heavy atom. The van der Waals surface area contributed by atoms with Gasteiger partial charge in [0.25, 0.3) is 0 Å². The average Bonchev–Trinajstić information content (AvgIpc) is 3.95. The lowest BCUT2D eigenvalue weighted by Crippen LogP contribution is -2.00. The summed E-state index contributed by atoms with van der Waals surface area (Å²) in [5.41, 5.74) is 11.6. The second kappa shape index (κ2) is 12.3. The smallest absolute Gasteiger partial charge is 0.164 e. The first kappa shape index (κ1) is 31.5. The Kier molecular flexibility index (Phi) is 6.83. The van der Waals surface area contributed by atoms with Crippen LogP contribution in [0.1, 0.15) is 0 Å². The van der Waals surface area contributed by atoms with E-state index in [1.54, 1.807) is 0 Å². The van der Waals surface area contributed by atoms with Crippen molar-refractivity contribution in [3.63, 3.8) is 0 Å². The number of rotatable bonds is 5. The van der Waals surface area contributed by atoms with E-state index in [4.69, 9.17) is 23.8 Å². The van der Waals surface area contributed by atoms with Crippen molar-refractivity contribution in [1.82, 2.24) is 19.5 Å². The molecule has 6 heteroatoms. The fourth-order valence-electron chi connectivity index (χ4n) is 8.32. The second-order valence-electron chi connectivity index (χ2n) is 14.4. The lowest BCUT2D eigenvalue weighted by Gasteiger charge is -2.08. The minimum Gasteiger partial charge on any atom is -0.456 e. The summed E-state index contributed by atoms with van der Waals surface area (Å²) in [4.78, 5) is 14.7. The maximum absolute atomic E-state index is 6.55. The van der Waals surface area contributed by atoms with E-state index in [9.17, 15) is 0 Å². The van der Waals surface area contributed by atoms with Crippen LogP contribution in [0.3, 0.4) is 0 Å². The summed E-state index contributed by atoms with van der Waals surface area (Å²) in [5, 5.41) is 6.74. The van der Waals surface area contributed by atoms with E-state index in [0.717, 1.165) is 77.4 Å². The highest BCUT2D eigenvalue weighted by molar-refractivity contribution is 6.11. The number of para-hydroxylation sites is 2. The zero-order valence-corrected chi connectivity index (χ0v) is 30.4. The molecular weight excluding hydrogens is 701 g/mol. The van der Waals surface area contributed by atoms with Gasteiger partial charge in [0.05, 0.1) is 11.0 Å². The largest absolute Gasteiger partial charge is 0.456 e. The van der Waals surface area contributed by atoms with Crippen molar-refractivity contribution in [2.24, 2.45) is 0 Å². The van der Waals surface area contributed by atoms with Crippen LogP contribution < -0.4 is 0 Å². The van der Waals surface area contributed by atoms with Crippen molar-refractivity contribution in [2.75, 3.05) is 0 Å². The molecule has 0 fully saturated rings. The molecule has 0 radical (unpaired) electrons. The maximum atomic E-state index is 6.55. The topological polar surface area (TPSA) is 69.9 Å². The average molecular weight is 731 g/mol. The third-order valence-corrected chi connectivity index (χ3v) is 11.1. The Labute approximate surface area is 325 Å². The highest BCUT2D eigenvalue weighted by atomic mass is 16.3. The van der Waals surface area contributed by atoms with E-state index in [1.165, 1.54) is 21.8 Å². The van der Waals surface area contributed by atoms with Gasteiger partial charge in [-0.25, -0.2) is 15.0 Å². The van der Waals surface area contributed by atoms with Crippen LogP contribution in [0.2, 0.25) is 0 Å². The summed E-state index contributed by atoms with van der Waals surface area (Å²) in [5.74, 6) is 1.84. The molecule has 0 saturated carbocycles. The number of fused-ring (bicyclic) bond motifs is 9. The summed E-state index contributed by atoms with van der Waals surface area (Å²) in [6.07, 6.45) is 0. The van der Waals surface area contributed by atoms with E-state index in [1.807, 2.05) is 66.7 Å². The Morgan fingerprint density at radius 1 is 0.298 bits per heavy atom. The minimum absolute atomic E-state index is 0.590. The SMILES string of the molecule is c1ccc(-c2nc(-c3ccccc3)nc(-c3ccc4c(c3)oc3cc(-c5ccc6c(c5)oc5ccc(-n7c8ccccc8c8ccccc87)cc56)ccc34)n2)cc1. The number of furan rings is 2. The molecule has 0 atom stereocenters. The van der Waals surface area contributed by atoms with Gasteiger partial charge in [-0.3, -0.25) is 0 Å². The molecule has 0 aliphatic carbocycles. The van der Waals surface area contributed by atoms with Gasteiger partial charge in [-0.15, -0.1) is 0 Å². The number of hydrogen-bond donors (Lipinski definition) is 0. The number of nitrogens with zero attached hydrogens (tertiary/aromatic N) is 4. The summed E-state index contributed by atoms with van der Waals surface area (Å²) in [6, 6.07) is 62.8. The fourth-order valence-corrected chi connectivity index (χ4v) is 8.32. The molecule has 0 amide bonds. The van der Waals surface area contributed by atoms with Crippen molar-refractivity contribution in [1.29, 1.82) is 0 Å². The first-order chi connectivity index (χ1) is 28.2. The van der Waals surface area contributed by atoms with Crippen LogP contribution in [-0.4, -0.2) is 19.5 Å². The molecule has 0 saturated heterocycles. The van der Waals surface area contributed by atoms with Crippen molar-refractivity contribution in [2.45, 2.75) is 0 Å². The fraction of sp³-hybridized carbons (Fsp3) is 0. The predicted octanol–water partition coefficient (Wildman–Crippen LogP) is 13.4. The lowest BCUT2D eigenvalue weighted by molar-refractivity contribution is 0.668. The van der Waals surface area contributed by atoms with Gasteiger partial charge in [0.2, 0.25) is 0 Å². The van der Waals surface area contributed by atoms with E-state index in [2.05, 4.69) is 120 Å². The van der Waals surface area contributed by atoms with Gasteiger partial charge in [0.1, 0.15) is 22.3 Å². The van der Waals surface area contributed by atoms with E-state index in [0.29, 0.717) is 17.5 Å². The molecule has 0 aliphatic rings. The van der Waals surface area contributed by atoms with Gasteiger partial charge in [-0.2, -0.15) is 0 Å². The summed E-state index contributed by atoms with van der Waals surface area (Å²) < 4.78 is 15.4. The molecule has 4 heterocycles. The predicted molar refractivity (Wildman–Crippen MR) is 230 cm³/mol. The third kappa shape index (κ3) is 5.08. The zero-order valence-electron chi connectivity index (χ0n) is 30.4. The van der Waals surface area contributed by atoms with Gasteiger partial charge in [0, 0.05) is 54.7 Å². The standard InChI is InChI=1S/C51H30N4O2/c1-3-11-31(12-4-1)49-52-50(32-13-5-2-6-14-32)54-51(53-49)35-21-25-40-39-23-19-33(27-46(39)57-48(40)29-35)34-20-24-41-42-30-36(22-26-45(42)56-47(41)28-34)55-43-17-9-7-15-37(43)38-16-8-10-18-44(38)55/h1-30H. The Bertz CT molecular complexity index is 3410. The van der Waals surface area contributed by atoms with Gasteiger partial charge in [0.15, 0.2) is 17.5 Å². The monoisotopic (exact) mass is 730 g/mol. The van der Waals surface area contributed by atoms with E-state index in [-0.39, 0.29) is 0 Å². The highest BCUT2D eigenvalue weighted by Gasteiger charge is 2.17. The lowest BCUT2D eigenvalue weighted by atomic mass is 10.0. The first-order valence-corrected chi connectivity index (χ1v) is 19.0. The molecule has 8 aromatic carbocycles. The van der Waals surface area contributed by atoms with Crippen molar-refractivity contribution < 1.29 is 8.83 Å². The van der Waals surface area contributed by atoms with Crippen LogP contribution in [0.4, 0.5) is 0 Å². The molecule has 0 bridgehead atoms. The Hall–Kier alpha value is -7.83. The maximum Gasteiger partial charge on any atom is 0.164 e. The third-order valence-electron chi connectivity index (χ3n) is 11.1. The molecular formula is C51H30N4O2. The molecule has 6 nitrogen and oxygen atoms in total. The molecule has 12 rings (SSSR count). The molecule has 57 heavy (non-hydrogen) atoms. The zero-order chi connectivity index (χ0) is 37.5. The second-order valence-corrected chi connectivity index (χ2v) is 14.4. The van der Waals surface area contributed by atoms with Gasteiger partial charge in [-0.05, 0) is 77.9 Å². The number of aromatic nitrogens is 4. The van der Waals surface area contributed by atoms with Crippen LogP contribution in [0, 0.1) is 0 Å². The molecule has 266 valence electrons. The van der Waals surface area contributed by atoms with Crippen molar-refractivity contribution in [3.8, 4) is 51.0 Å². The summed E-state index contributed by atoms with van der Waals surface area (Å²) in [7, 11) is 0. The van der Waals surface area contributed by atoms with Crippen LogP contribution in [0.5, 0.6) is 0 Å². The van der Waals surface area contributed by atoms with Crippen LogP contribution >= 0.6 is 0 Å². The van der Waals surface area contributed by atoms with E-state index < -0.39 is 0 Å². The Morgan fingerprint density at radius 2 is 0.737 bits per heavy atom. The summed E-state index contributed by atoms with van der Waals surface area (Å²) >= 11 is 0. The van der Waals surface area contributed by atoms with Crippen LogP contribution in [0.15, 0.2) is 191 Å². The van der Waals surface area contributed by atoms with Crippen LogP contribution in [0.25, 0.3) is 117 Å². The van der Waals surface area contributed by atoms with Crippen molar-refractivity contribution in [3.05, 3.63) is 182 Å². The van der Waals surface area contributed by atoms with Crippen molar-refractivity contribution >= 4 is 65.7 Å². The van der Waals surface area contributed by atoms with E-state index >= 15 is 0 Å². The molecule has 12 aromatic rings. The molecule has 0 aliphatic heterocycles. The molecule has 0 N–H and O–H groups in total. The molecule has 0 unspecified atom stereocenters. The van der Waals surface area contributed by atoms with Gasteiger partial charge < -0.3 is 13.4 Å². The molecule has 4 aromatic heterocycles. The first-order valence-electron chi connectivity index (χ1n) is 19.0. The normalized spacial score (nSPS) is 11.9.